The van der Waals surface area contributed by atoms with Gasteiger partial charge in [-0.05, 0) is 12.1 Å². The summed E-state index contributed by atoms with van der Waals surface area (Å²) in [5.74, 6) is 0.480. The second-order valence-corrected chi connectivity index (χ2v) is 8.57. The average molecular weight is 390 g/mol. The Morgan fingerprint density at radius 3 is 2.23 bits per heavy atom. The predicted molar refractivity (Wildman–Crippen MR) is 105 cm³/mol. The van der Waals surface area contributed by atoms with Gasteiger partial charge in [0.15, 0.2) is 0 Å². The van der Waals surface area contributed by atoms with Gasteiger partial charge in [-0.25, -0.2) is 4.79 Å². The van der Waals surface area contributed by atoms with Crippen molar-refractivity contribution in [3.63, 3.8) is 0 Å². The Labute approximate surface area is 158 Å². The van der Waals surface area contributed by atoms with Gasteiger partial charge in [0.2, 0.25) is 0 Å². The van der Waals surface area contributed by atoms with E-state index in [9.17, 15) is 14.4 Å². The van der Waals surface area contributed by atoms with Crippen molar-refractivity contribution in [3.05, 3.63) is 32.4 Å². The molecule has 2 aliphatic rings. The Kier molecular flexibility index (Phi) is 3.96. The van der Waals surface area contributed by atoms with E-state index < -0.39 is 0 Å². The third-order valence-corrected chi connectivity index (χ3v) is 7.16. The Balaban J connectivity index is 1.92. The van der Waals surface area contributed by atoms with Crippen LogP contribution in [-0.2, 0) is 23.7 Å². The van der Waals surface area contributed by atoms with Gasteiger partial charge in [0.1, 0.15) is 0 Å². The summed E-state index contributed by atoms with van der Waals surface area (Å²) in [5, 5.41) is 0. The number of carbonyl (C=O) groups is 2. The summed E-state index contributed by atoms with van der Waals surface area (Å²) in [4.78, 5) is 42.7. The zero-order valence-corrected chi connectivity index (χ0v) is 16.5. The lowest BCUT2D eigenvalue weighted by Gasteiger charge is -2.31. The van der Waals surface area contributed by atoms with Gasteiger partial charge in [-0.2, -0.15) is 0 Å². The maximum atomic E-state index is 12.9. The number of amides is 2. The van der Waals surface area contributed by atoms with Crippen molar-refractivity contribution in [2.24, 2.45) is 14.1 Å². The standard InChI is InChI=1S/C17H18N4O3S2/c1-18-5-6-25-13(15(18)22)14-16(23)19(2)11-7-9-10(8-12(11)26-14)21(4)17(24)20(9)3/h7-8H,5-6H2,1-4H3/b14-13+. The van der Waals surface area contributed by atoms with E-state index in [0.717, 1.165) is 27.4 Å². The van der Waals surface area contributed by atoms with Crippen LogP contribution in [0.15, 0.2) is 31.6 Å². The molecule has 0 unspecified atom stereocenters. The monoisotopic (exact) mass is 390 g/mol. The number of carbonyl (C=O) groups excluding carboxylic acids is 2. The molecule has 7 nitrogen and oxygen atoms in total. The largest absolute Gasteiger partial charge is 0.340 e. The lowest BCUT2D eigenvalue weighted by Crippen LogP contribution is -2.37. The second kappa shape index (κ2) is 5.95. The number of anilines is 1. The number of aromatic nitrogens is 2. The van der Waals surface area contributed by atoms with Gasteiger partial charge in [0.25, 0.3) is 11.8 Å². The van der Waals surface area contributed by atoms with Crippen molar-refractivity contribution >= 4 is 52.1 Å². The molecular weight excluding hydrogens is 372 g/mol. The van der Waals surface area contributed by atoms with Crippen molar-refractivity contribution in [3.8, 4) is 0 Å². The first-order valence-electron chi connectivity index (χ1n) is 8.09. The van der Waals surface area contributed by atoms with Crippen molar-refractivity contribution in [2.45, 2.75) is 4.90 Å². The van der Waals surface area contributed by atoms with Crippen LogP contribution in [0.1, 0.15) is 0 Å². The summed E-state index contributed by atoms with van der Waals surface area (Å²) in [6.07, 6.45) is 0. The van der Waals surface area contributed by atoms with Crippen LogP contribution >= 0.6 is 23.5 Å². The molecule has 1 aromatic carbocycles. The fraction of sp³-hybridized carbons (Fsp3) is 0.353. The molecule has 0 saturated carbocycles. The molecule has 3 heterocycles. The van der Waals surface area contributed by atoms with Gasteiger partial charge in [0, 0.05) is 45.4 Å². The number of rotatable bonds is 0. The number of thioether (sulfide) groups is 2. The van der Waals surface area contributed by atoms with E-state index >= 15 is 0 Å². The summed E-state index contributed by atoms with van der Waals surface area (Å²) < 4.78 is 3.16. The summed E-state index contributed by atoms with van der Waals surface area (Å²) >= 11 is 2.75. The average Bonchev–Trinajstić information content (AvgIpc) is 2.83. The van der Waals surface area contributed by atoms with Gasteiger partial charge in [-0.3, -0.25) is 18.7 Å². The molecule has 2 aliphatic heterocycles. The van der Waals surface area contributed by atoms with Crippen molar-refractivity contribution < 1.29 is 9.59 Å². The fourth-order valence-electron chi connectivity index (χ4n) is 3.20. The number of benzene rings is 1. The summed E-state index contributed by atoms with van der Waals surface area (Å²) in [5.41, 5.74) is 2.21. The molecule has 1 saturated heterocycles. The van der Waals surface area contributed by atoms with E-state index in [1.54, 1.807) is 47.1 Å². The van der Waals surface area contributed by atoms with Crippen molar-refractivity contribution in [1.29, 1.82) is 0 Å². The minimum atomic E-state index is -0.186. The maximum absolute atomic E-state index is 12.9. The molecule has 0 radical (unpaired) electrons. The Hall–Kier alpha value is -2.13. The van der Waals surface area contributed by atoms with Crippen LogP contribution in [0.25, 0.3) is 11.0 Å². The number of aryl methyl sites for hydroxylation is 2. The van der Waals surface area contributed by atoms with E-state index in [1.807, 2.05) is 12.1 Å². The highest BCUT2D eigenvalue weighted by Crippen LogP contribution is 2.46. The number of hydrogen-bond acceptors (Lipinski definition) is 5. The molecule has 9 heteroatoms. The lowest BCUT2D eigenvalue weighted by molar-refractivity contribution is -0.125. The van der Waals surface area contributed by atoms with E-state index in [4.69, 9.17) is 0 Å². The summed E-state index contributed by atoms with van der Waals surface area (Å²) in [7, 11) is 6.90. The van der Waals surface area contributed by atoms with Gasteiger partial charge < -0.3 is 9.80 Å². The van der Waals surface area contributed by atoms with Crippen LogP contribution in [0.4, 0.5) is 5.69 Å². The number of imidazole rings is 1. The van der Waals surface area contributed by atoms with Crippen LogP contribution in [0.5, 0.6) is 0 Å². The minimum absolute atomic E-state index is 0.109. The van der Waals surface area contributed by atoms with Gasteiger partial charge in [-0.15, -0.1) is 11.8 Å². The molecule has 1 fully saturated rings. The highest BCUT2D eigenvalue weighted by Gasteiger charge is 2.34. The third-order valence-electron chi connectivity index (χ3n) is 4.85. The normalized spacial score (nSPS) is 20.9. The Morgan fingerprint density at radius 1 is 0.885 bits per heavy atom. The van der Waals surface area contributed by atoms with Crippen LogP contribution < -0.4 is 10.6 Å². The van der Waals surface area contributed by atoms with Crippen LogP contribution in [0.2, 0.25) is 0 Å². The number of fused-ring (bicyclic) bond motifs is 2. The molecule has 0 aliphatic carbocycles. The van der Waals surface area contributed by atoms with E-state index in [2.05, 4.69) is 0 Å². The molecule has 4 rings (SSSR count). The molecule has 136 valence electrons. The van der Waals surface area contributed by atoms with Crippen LogP contribution in [-0.4, -0.2) is 52.2 Å². The first-order chi connectivity index (χ1) is 12.3. The third kappa shape index (κ3) is 2.34. The molecular formula is C17H18N4O3S2. The second-order valence-electron chi connectivity index (χ2n) is 6.41. The van der Waals surface area contributed by atoms with E-state index in [0.29, 0.717) is 16.4 Å². The maximum Gasteiger partial charge on any atom is 0.328 e. The zero-order valence-electron chi connectivity index (χ0n) is 14.9. The van der Waals surface area contributed by atoms with Crippen molar-refractivity contribution in [1.82, 2.24) is 14.0 Å². The van der Waals surface area contributed by atoms with E-state index in [-0.39, 0.29) is 17.5 Å². The number of nitrogens with zero attached hydrogens (tertiary/aromatic N) is 4. The van der Waals surface area contributed by atoms with Gasteiger partial charge in [-0.1, -0.05) is 11.8 Å². The molecule has 2 amide bonds. The summed E-state index contributed by atoms with van der Waals surface area (Å²) in [6.45, 7) is 0.679. The number of likely N-dealkylation sites (N-methyl/N-ethyl adjacent to an activating group) is 2. The SMILES string of the molecule is CN1CCS/C(=C2/Sc3cc4c(cc3N(C)C2=O)n(C)c(=O)n4C)C1=O. The number of hydrogen-bond donors (Lipinski definition) is 0. The predicted octanol–water partition coefficient (Wildman–Crippen LogP) is 1.36. The molecule has 0 atom stereocenters. The molecule has 1 aromatic heterocycles. The highest BCUT2D eigenvalue weighted by molar-refractivity contribution is 8.08. The minimum Gasteiger partial charge on any atom is -0.340 e. The van der Waals surface area contributed by atoms with Crippen LogP contribution in [0, 0.1) is 0 Å². The molecule has 26 heavy (non-hydrogen) atoms. The quantitative estimate of drug-likeness (QED) is 0.636. The van der Waals surface area contributed by atoms with Crippen molar-refractivity contribution in [2.75, 3.05) is 31.3 Å². The highest BCUT2D eigenvalue weighted by atomic mass is 32.2. The first-order valence-corrected chi connectivity index (χ1v) is 9.89. The van der Waals surface area contributed by atoms with E-state index in [1.165, 1.54) is 23.5 Å². The smallest absolute Gasteiger partial charge is 0.328 e. The van der Waals surface area contributed by atoms with Crippen LogP contribution in [0.3, 0.4) is 0 Å². The lowest BCUT2D eigenvalue weighted by atomic mass is 10.2. The molecule has 0 N–H and O–H groups in total. The fourth-order valence-corrected chi connectivity index (χ4v) is 5.67. The molecule has 2 aromatic rings. The zero-order chi connectivity index (χ0) is 18.7. The topological polar surface area (TPSA) is 67.5 Å². The molecule has 0 spiro atoms. The molecule has 0 bridgehead atoms. The van der Waals surface area contributed by atoms with Gasteiger partial charge in [0.05, 0.1) is 26.5 Å². The summed E-state index contributed by atoms with van der Waals surface area (Å²) in [6, 6.07) is 3.78. The first kappa shape index (κ1) is 17.3. The Morgan fingerprint density at radius 2 is 1.54 bits per heavy atom. The Bertz CT molecular complexity index is 1070. The van der Waals surface area contributed by atoms with Gasteiger partial charge >= 0.3 is 5.69 Å².